The van der Waals surface area contributed by atoms with Gasteiger partial charge in [0.1, 0.15) is 6.61 Å². The van der Waals surface area contributed by atoms with Crippen LogP contribution in [0, 0.1) is 5.92 Å². The van der Waals surface area contributed by atoms with Gasteiger partial charge in [-0.05, 0) is 32.6 Å². The van der Waals surface area contributed by atoms with Crippen molar-refractivity contribution in [1.29, 1.82) is 0 Å². The number of carbonyl (C=O) groups excluding carboxylic acids is 1. The lowest BCUT2D eigenvalue weighted by Gasteiger charge is -2.30. The molecule has 1 saturated carbocycles. The smallest absolute Gasteiger partial charge is 0.248 e. The van der Waals surface area contributed by atoms with Crippen LogP contribution < -0.4 is 0 Å². The van der Waals surface area contributed by atoms with E-state index in [1.54, 1.807) is 20.9 Å². The number of likely N-dealkylation sites (N-methyl/N-ethyl adjacent to an activating group) is 1. The van der Waals surface area contributed by atoms with Crippen LogP contribution in [0.2, 0.25) is 0 Å². The molecule has 0 aromatic rings. The molecule has 1 fully saturated rings. The minimum absolute atomic E-state index is 0.0603. The first-order valence-electron chi connectivity index (χ1n) is 6.87. The maximum atomic E-state index is 11.9. The molecule has 106 valence electrons. The van der Waals surface area contributed by atoms with Crippen molar-refractivity contribution in [2.45, 2.75) is 58.2 Å². The summed E-state index contributed by atoms with van der Waals surface area (Å²) in [6.45, 7) is 6.04. The molecule has 18 heavy (non-hydrogen) atoms. The van der Waals surface area contributed by atoms with Gasteiger partial charge in [0.15, 0.2) is 0 Å². The van der Waals surface area contributed by atoms with Crippen LogP contribution in [0.3, 0.4) is 0 Å². The van der Waals surface area contributed by atoms with Gasteiger partial charge in [0.2, 0.25) is 5.91 Å². The van der Waals surface area contributed by atoms with Crippen LogP contribution in [-0.2, 0) is 9.53 Å². The molecule has 4 heteroatoms. The summed E-state index contributed by atoms with van der Waals surface area (Å²) in [6.07, 6.45) is 4.94. The van der Waals surface area contributed by atoms with Crippen LogP contribution in [0.5, 0.6) is 0 Å². The Labute approximate surface area is 110 Å². The number of rotatable bonds is 5. The first-order chi connectivity index (χ1) is 8.29. The molecule has 0 radical (unpaired) electrons. The monoisotopic (exact) mass is 257 g/mol. The van der Waals surface area contributed by atoms with Gasteiger partial charge in [-0.15, -0.1) is 0 Å². The van der Waals surface area contributed by atoms with E-state index in [4.69, 9.17) is 4.74 Å². The van der Waals surface area contributed by atoms with E-state index >= 15 is 0 Å². The molecule has 0 bridgehead atoms. The molecule has 0 aliphatic heterocycles. The number of ether oxygens (including phenoxy) is 1. The van der Waals surface area contributed by atoms with Crippen LogP contribution in [0.25, 0.3) is 0 Å². The maximum absolute atomic E-state index is 11.9. The van der Waals surface area contributed by atoms with E-state index in [9.17, 15) is 9.90 Å². The Kier molecular flexibility index (Phi) is 5.60. The first-order valence-corrected chi connectivity index (χ1v) is 6.87. The molecule has 1 N–H and O–H groups in total. The van der Waals surface area contributed by atoms with E-state index in [1.165, 1.54) is 24.2 Å². The highest BCUT2D eigenvalue weighted by Crippen LogP contribution is 2.26. The third kappa shape index (κ3) is 5.36. The van der Waals surface area contributed by atoms with Gasteiger partial charge < -0.3 is 14.7 Å². The predicted octanol–water partition coefficient (Wildman–Crippen LogP) is 1.81. The summed E-state index contributed by atoms with van der Waals surface area (Å²) in [5.41, 5.74) is -0.859. The fraction of sp³-hybridized carbons (Fsp3) is 0.929. The van der Waals surface area contributed by atoms with Crippen molar-refractivity contribution in [2.24, 2.45) is 5.92 Å². The lowest BCUT2D eigenvalue weighted by atomic mass is 9.88. The van der Waals surface area contributed by atoms with Crippen molar-refractivity contribution in [1.82, 2.24) is 4.90 Å². The van der Waals surface area contributed by atoms with E-state index < -0.39 is 5.60 Å². The zero-order valence-corrected chi connectivity index (χ0v) is 12.1. The van der Waals surface area contributed by atoms with Crippen molar-refractivity contribution in [3.8, 4) is 0 Å². The van der Waals surface area contributed by atoms with E-state index in [0.717, 1.165) is 6.42 Å². The van der Waals surface area contributed by atoms with E-state index in [0.29, 0.717) is 12.5 Å². The Morgan fingerprint density at radius 1 is 1.39 bits per heavy atom. The topological polar surface area (TPSA) is 49.8 Å². The summed E-state index contributed by atoms with van der Waals surface area (Å²) in [4.78, 5) is 13.4. The third-order valence-electron chi connectivity index (χ3n) is 3.50. The van der Waals surface area contributed by atoms with Gasteiger partial charge in [-0.2, -0.15) is 0 Å². The SMILES string of the molecule is CC1CCCCC1OCC(=O)N(C)CC(C)(C)O. The highest BCUT2D eigenvalue weighted by Gasteiger charge is 2.24. The van der Waals surface area contributed by atoms with Gasteiger partial charge in [-0.25, -0.2) is 0 Å². The van der Waals surface area contributed by atoms with Crippen LogP contribution in [0.1, 0.15) is 46.5 Å². The lowest BCUT2D eigenvalue weighted by Crippen LogP contribution is -2.42. The molecular formula is C14H27NO3. The first kappa shape index (κ1) is 15.4. The van der Waals surface area contributed by atoms with Gasteiger partial charge in [0, 0.05) is 13.6 Å². The normalized spacial score (nSPS) is 24.9. The quantitative estimate of drug-likeness (QED) is 0.817. The number of hydrogen-bond donors (Lipinski definition) is 1. The molecule has 2 atom stereocenters. The van der Waals surface area contributed by atoms with Crippen molar-refractivity contribution in [2.75, 3.05) is 20.2 Å². The molecule has 0 aromatic carbocycles. The van der Waals surface area contributed by atoms with Crippen LogP contribution >= 0.6 is 0 Å². The largest absolute Gasteiger partial charge is 0.389 e. The zero-order chi connectivity index (χ0) is 13.8. The Balaban J connectivity index is 2.31. The fourth-order valence-electron chi connectivity index (χ4n) is 2.49. The Morgan fingerprint density at radius 3 is 2.56 bits per heavy atom. The average molecular weight is 257 g/mol. The summed E-state index contributed by atoms with van der Waals surface area (Å²) >= 11 is 0. The maximum Gasteiger partial charge on any atom is 0.248 e. The molecule has 4 nitrogen and oxygen atoms in total. The number of carbonyl (C=O) groups is 1. The van der Waals surface area contributed by atoms with Crippen LogP contribution in [-0.4, -0.2) is 47.8 Å². The van der Waals surface area contributed by atoms with E-state index in [-0.39, 0.29) is 18.6 Å². The summed E-state index contributed by atoms with van der Waals surface area (Å²) in [6, 6.07) is 0. The zero-order valence-electron chi connectivity index (χ0n) is 12.1. The van der Waals surface area contributed by atoms with Gasteiger partial charge in [0.05, 0.1) is 11.7 Å². The molecule has 1 aliphatic carbocycles. The van der Waals surface area contributed by atoms with Crippen molar-refractivity contribution in [3.05, 3.63) is 0 Å². The fourth-order valence-corrected chi connectivity index (χ4v) is 2.49. The number of aliphatic hydroxyl groups is 1. The summed E-state index contributed by atoms with van der Waals surface area (Å²) < 4.78 is 5.72. The highest BCUT2D eigenvalue weighted by atomic mass is 16.5. The van der Waals surface area contributed by atoms with Crippen molar-refractivity contribution in [3.63, 3.8) is 0 Å². The Hall–Kier alpha value is -0.610. The molecule has 0 spiro atoms. The molecule has 0 heterocycles. The second-order valence-corrected chi connectivity index (χ2v) is 6.17. The van der Waals surface area contributed by atoms with Crippen LogP contribution in [0.4, 0.5) is 0 Å². The second kappa shape index (κ2) is 6.53. The molecule has 2 unspecified atom stereocenters. The molecule has 1 rings (SSSR count). The lowest BCUT2D eigenvalue weighted by molar-refractivity contribution is -0.141. The summed E-state index contributed by atoms with van der Waals surface area (Å²) in [7, 11) is 1.70. The number of nitrogens with zero attached hydrogens (tertiary/aromatic N) is 1. The standard InChI is InChI=1S/C14H27NO3/c1-11-7-5-6-8-12(11)18-9-13(16)15(4)10-14(2,3)17/h11-12,17H,5-10H2,1-4H3. The van der Waals surface area contributed by atoms with Crippen molar-refractivity contribution < 1.29 is 14.6 Å². The highest BCUT2D eigenvalue weighted by molar-refractivity contribution is 5.77. The third-order valence-corrected chi connectivity index (χ3v) is 3.50. The molecule has 1 aliphatic rings. The second-order valence-electron chi connectivity index (χ2n) is 6.17. The van der Waals surface area contributed by atoms with Gasteiger partial charge >= 0.3 is 0 Å². The predicted molar refractivity (Wildman–Crippen MR) is 71.3 cm³/mol. The summed E-state index contributed by atoms with van der Waals surface area (Å²) in [5.74, 6) is 0.487. The molecule has 0 saturated heterocycles. The summed E-state index contributed by atoms with van der Waals surface area (Å²) in [5, 5.41) is 9.66. The van der Waals surface area contributed by atoms with E-state index in [2.05, 4.69) is 6.92 Å². The van der Waals surface area contributed by atoms with Gasteiger partial charge in [0.25, 0.3) is 0 Å². The number of hydrogen-bond acceptors (Lipinski definition) is 3. The molecular weight excluding hydrogens is 230 g/mol. The van der Waals surface area contributed by atoms with Crippen molar-refractivity contribution >= 4 is 5.91 Å². The minimum Gasteiger partial charge on any atom is -0.389 e. The van der Waals surface area contributed by atoms with Gasteiger partial charge in [-0.3, -0.25) is 4.79 Å². The van der Waals surface area contributed by atoms with E-state index in [1.807, 2.05) is 0 Å². The van der Waals surface area contributed by atoms with Gasteiger partial charge in [-0.1, -0.05) is 19.8 Å². The van der Waals surface area contributed by atoms with Crippen LogP contribution in [0.15, 0.2) is 0 Å². The number of amides is 1. The minimum atomic E-state index is -0.859. The molecule has 1 amide bonds. The Bertz CT molecular complexity index is 273. The Morgan fingerprint density at radius 2 is 2.00 bits per heavy atom. The molecule has 0 aromatic heterocycles. The average Bonchev–Trinajstić information content (AvgIpc) is 2.25.